The Hall–Kier alpha value is 0.428. The minimum absolute atomic E-state index is 0. The Morgan fingerprint density at radius 3 is 1.92 bits per heavy atom. The Labute approximate surface area is 99.5 Å². The molecular weight excluding hydrogens is 328 g/mol. The molecule has 78 valence electrons. The molecule has 0 nitrogen and oxygen atoms in total. The third-order valence-corrected chi connectivity index (χ3v) is 1.51. The topological polar surface area (TPSA) is 0 Å². The molecule has 0 saturated carbocycles. The van der Waals surface area contributed by atoms with Crippen LogP contribution in [0.1, 0.15) is 47.5 Å². The molecule has 0 aromatic heterocycles. The average molecular weight is 352 g/mol. The first-order chi connectivity index (χ1) is 5.58. The molecule has 0 aliphatic rings. The van der Waals surface area contributed by atoms with Crippen LogP contribution < -0.4 is 0 Å². The minimum atomic E-state index is 0. The van der Waals surface area contributed by atoms with Gasteiger partial charge in [-0.15, -0.1) is 0 Å². The largest absolute Gasteiger partial charge is 2.00 e. The van der Waals surface area contributed by atoms with E-state index >= 15 is 0 Å². The first kappa shape index (κ1) is 19.1. The van der Waals surface area contributed by atoms with Crippen LogP contribution in [-0.2, 0) is 21.1 Å². The Kier molecular flexibility index (Phi) is 21.9. The normalized spacial score (nSPS) is 10.9. The molecule has 0 radical (unpaired) electrons. The van der Waals surface area contributed by atoms with Crippen molar-refractivity contribution in [3.8, 4) is 0 Å². The monoisotopic (exact) mass is 352 g/mol. The SMILES string of the molecule is C=[C-]C.C[CH-]CC(C)CC(C)C.[W+2]. The van der Waals surface area contributed by atoms with Crippen LogP contribution in [-0.4, -0.2) is 0 Å². The van der Waals surface area contributed by atoms with Crippen molar-refractivity contribution in [2.75, 3.05) is 0 Å². The number of hydrogen-bond acceptors (Lipinski definition) is 0. The van der Waals surface area contributed by atoms with Crippen LogP contribution in [0.15, 0.2) is 6.58 Å². The second-order valence-corrected chi connectivity index (χ2v) is 3.73. The standard InChI is InChI=1S/C9H19.C3H5.W/c1-5-6-9(4)7-8(2)3;1-3-2;/h5,8-9H,6-7H2,1-4H3;1H2,2H3;/q2*-1;+2. The molecule has 0 heterocycles. The van der Waals surface area contributed by atoms with Crippen molar-refractivity contribution in [2.24, 2.45) is 11.8 Å². The van der Waals surface area contributed by atoms with E-state index in [2.05, 4.69) is 46.8 Å². The molecule has 0 rings (SSSR count). The summed E-state index contributed by atoms with van der Waals surface area (Å²) in [5.74, 6) is 1.75. The van der Waals surface area contributed by atoms with Crippen LogP contribution in [0.25, 0.3) is 0 Å². The molecule has 0 amide bonds. The minimum Gasteiger partial charge on any atom is -0.507 e. The Bertz CT molecular complexity index is 87.1. The second kappa shape index (κ2) is 14.9. The van der Waals surface area contributed by atoms with E-state index in [0.717, 1.165) is 11.8 Å². The van der Waals surface area contributed by atoms with Gasteiger partial charge < -0.3 is 12.5 Å². The molecule has 1 atom stereocenters. The first-order valence-corrected chi connectivity index (χ1v) is 4.80. The zero-order chi connectivity index (χ0) is 9.98. The molecule has 1 heteroatoms. The van der Waals surface area contributed by atoms with Gasteiger partial charge in [-0.05, 0) is 5.92 Å². The predicted octanol–water partition coefficient (Wildman–Crippen LogP) is 4.28. The van der Waals surface area contributed by atoms with Gasteiger partial charge >= 0.3 is 21.1 Å². The summed E-state index contributed by atoms with van der Waals surface area (Å²) in [6, 6.07) is 0. The van der Waals surface area contributed by atoms with Gasteiger partial charge in [0.15, 0.2) is 0 Å². The molecule has 13 heavy (non-hydrogen) atoms. The van der Waals surface area contributed by atoms with E-state index in [1.807, 2.05) is 0 Å². The summed E-state index contributed by atoms with van der Waals surface area (Å²) >= 11 is 0. The van der Waals surface area contributed by atoms with Crippen molar-refractivity contribution in [3.05, 3.63) is 19.1 Å². The fourth-order valence-corrected chi connectivity index (χ4v) is 1.30. The van der Waals surface area contributed by atoms with Gasteiger partial charge in [0.05, 0.1) is 0 Å². The van der Waals surface area contributed by atoms with Gasteiger partial charge in [-0.1, -0.05) is 33.1 Å². The summed E-state index contributed by atoms with van der Waals surface area (Å²) in [5, 5.41) is 0. The zero-order valence-corrected chi connectivity index (χ0v) is 12.7. The summed E-state index contributed by atoms with van der Waals surface area (Å²) in [7, 11) is 0. The van der Waals surface area contributed by atoms with E-state index in [4.69, 9.17) is 0 Å². The van der Waals surface area contributed by atoms with Crippen molar-refractivity contribution in [1.82, 2.24) is 0 Å². The van der Waals surface area contributed by atoms with Gasteiger partial charge in [-0.2, -0.15) is 20.3 Å². The molecule has 0 N–H and O–H groups in total. The van der Waals surface area contributed by atoms with Crippen molar-refractivity contribution >= 4 is 0 Å². The fraction of sp³-hybridized carbons (Fsp3) is 0.750. The quantitative estimate of drug-likeness (QED) is 0.663. The van der Waals surface area contributed by atoms with Gasteiger partial charge in [0.1, 0.15) is 0 Å². The third kappa shape index (κ3) is 24.5. The van der Waals surface area contributed by atoms with Gasteiger partial charge in [0, 0.05) is 0 Å². The second-order valence-electron chi connectivity index (χ2n) is 3.73. The molecule has 0 aromatic rings. The Morgan fingerprint density at radius 1 is 1.31 bits per heavy atom. The van der Waals surface area contributed by atoms with E-state index in [-0.39, 0.29) is 21.1 Å². The van der Waals surface area contributed by atoms with Gasteiger partial charge in [0.2, 0.25) is 0 Å². The molecule has 0 bridgehead atoms. The summed E-state index contributed by atoms with van der Waals surface area (Å²) in [5.41, 5.74) is 0. The summed E-state index contributed by atoms with van der Waals surface area (Å²) in [6.45, 7) is 14.0. The molecule has 0 aliphatic carbocycles. The van der Waals surface area contributed by atoms with Crippen molar-refractivity contribution in [3.63, 3.8) is 0 Å². The number of rotatable bonds is 4. The zero-order valence-electron chi connectivity index (χ0n) is 9.76. The van der Waals surface area contributed by atoms with Crippen molar-refractivity contribution < 1.29 is 21.1 Å². The molecule has 0 aromatic carbocycles. The van der Waals surface area contributed by atoms with E-state index < -0.39 is 0 Å². The molecule has 0 saturated heterocycles. The average Bonchev–Trinajstić information content (AvgIpc) is 1.87. The summed E-state index contributed by atoms with van der Waals surface area (Å²) in [6.07, 6.45) is 7.40. The number of allylic oxidation sites excluding steroid dienone is 1. The first-order valence-electron chi connectivity index (χ1n) is 4.80. The predicted molar refractivity (Wildman–Crippen MR) is 57.8 cm³/mol. The van der Waals surface area contributed by atoms with Crippen LogP contribution in [0.5, 0.6) is 0 Å². The van der Waals surface area contributed by atoms with Crippen LogP contribution in [0.2, 0.25) is 0 Å². The molecule has 0 fully saturated rings. The van der Waals surface area contributed by atoms with Crippen LogP contribution in [0, 0.1) is 24.3 Å². The van der Waals surface area contributed by atoms with Gasteiger partial charge in [0.25, 0.3) is 0 Å². The van der Waals surface area contributed by atoms with Crippen LogP contribution >= 0.6 is 0 Å². The van der Waals surface area contributed by atoms with E-state index in [1.54, 1.807) is 6.92 Å². The summed E-state index contributed by atoms with van der Waals surface area (Å²) < 4.78 is 0. The van der Waals surface area contributed by atoms with Crippen LogP contribution in [0.4, 0.5) is 0 Å². The maximum absolute atomic E-state index is 3.24. The smallest absolute Gasteiger partial charge is 0.507 e. The van der Waals surface area contributed by atoms with E-state index in [1.165, 1.54) is 12.8 Å². The Balaban J connectivity index is -0.000000220. The van der Waals surface area contributed by atoms with Crippen LogP contribution in [0.3, 0.4) is 0 Å². The Morgan fingerprint density at radius 2 is 1.69 bits per heavy atom. The maximum atomic E-state index is 3.24. The van der Waals surface area contributed by atoms with Crippen molar-refractivity contribution in [1.29, 1.82) is 0 Å². The molecule has 0 spiro atoms. The van der Waals surface area contributed by atoms with E-state index in [9.17, 15) is 0 Å². The van der Waals surface area contributed by atoms with E-state index in [0.29, 0.717) is 0 Å². The van der Waals surface area contributed by atoms with Gasteiger partial charge in [-0.3, -0.25) is 6.58 Å². The molecule has 0 aliphatic heterocycles. The summed E-state index contributed by atoms with van der Waals surface area (Å²) in [4.78, 5) is 0. The molecular formula is C12H24W. The fourth-order valence-electron chi connectivity index (χ4n) is 1.30. The van der Waals surface area contributed by atoms with Crippen molar-refractivity contribution in [2.45, 2.75) is 47.5 Å². The third-order valence-electron chi connectivity index (χ3n) is 1.51. The maximum Gasteiger partial charge on any atom is 2.00 e. The molecule has 1 unspecified atom stereocenters. The van der Waals surface area contributed by atoms with Gasteiger partial charge in [-0.25, -0.2) is 0 Å². The number of hydrogen-bond donors (Lipinski definition) is 0.